The predicted octanol–water partition coefficient (Wildman–Crippen LogP) is 16.5. The molecule has 0 fully saturated rings. The van der Waals surface area contributed by atoms with Crippen LogP contribution in [0, 0.1) is 18.8 Å². The number of ether oxygens (including phenoxy) is 1. The molecule has 0 saturated carbocycles. The van der Waals surface area contributed by atoms with E-state index in [0.717, 1.165) is 50.4 Å². The Kier molecular flexibility index (Phi) is 12.2. The molecular weight excluding hydrogens is 1000 g/mol. The summed E-state index contributed by atoms with van der Waals surface area (Å²) in [5.41, 5.74) is 13.6. The summed E-state index contributed by atoms with van der Waals surface area (Å²) in [4.78, 5) is 9.63. The van der Waals surface area contributed by atoms with Gasteiger partial charge < -0.3 is 19.1 Å². The van der Waals surface area contributed by atoms with Crippen molar-refractivity contribution >= 4 is 44.6 Å². The maximum absolute atomic E-state index is 6.76. The summed E-state index contributed by atoms with van der Waals surface area (Å²) in [5, 5.41) is 2.22. The molecule has 6 heteroatoms. The van der Waals surface area contributed by atoms with E-state index in [1.165, 1.54) is 33.4 Å². The molecule has 5 nitrogen and oxygen atoms in total. The summed E-state index contributed by atoms with van der Waals surface area (Å²) in [6, 6.07) is 53.2. The molecule has 0 bridgehead atoms. The number of aromatic nitrogens is 2. The summed E-state index contributed by atoms with van der Waals surface area (Å²) in [7, 11) is 0. The molecule has 0 radical (unpaired) electrons. The summed E-state index contributed by atoms with van der Waals surface area (Å²) in [6.45, 7) is 34.5. The fourth-order valence-electron chi connectivity index (χ4n) is 9.33. The van der Waals surface area contributed by atoms with Gasteiger partial charge in [-0.3, -0.25) is 0 Å². The second-order valence-corrected chi connectivity index (χ2v) is 22.8. The van der Waals surface area contributed by atoms with Gasteiger partial charge in [0.25, 0.3) is 0 Å². The van der Waals surface area contributed by atoms with Gasteiger partial charge in [0.15, 0.2) is 0 Å². The molecule has 348 valence electrons. The van der Waals surface area contributed by atoms with Crippen LogP contribution in [-0.2, 0) is 48.1 Å². The largest absolute Gasteiger partial charge is 0.509 e. The molecule has 0 spiro atoms. The molecule has 8 aromatic rings. The molecule has 1 aliphatic heterocycles. The van der Waals surface area contributed by atoms with Crippen molar-refractivity contribution in [2.75, 3.05) is 9.80 Å². The average Bonchev–Trinajstić information content (AvgIpc) is 3.81. The van der Waals surface area contributed by atoms with Crippen LogP contribution in [0.3, 0.4) is 0 Å². The molecule has 0 aliphatic carbocycles. The van der Waals surface area contributed by atoms with E-state index in [0.29, 0.717) is 11.5 Å². The third kappa shape index (κ3) is 9.09. The molecule has 0 unspecified atom stereocenters. The Bertz CT molecular complexity index is 3080. The maximum Gasteiger partial charge on any atom is 0.135 e. The van der Waals surface area contributed by atoms with Gasteiger partial charge in [-0.1, -0.05) is 157 Å². The van der Waals surface area contributed by atoms with E-state index in [-0.39, 0.29) is 48.1 Å². The molecule has 67 heavy (non-hydrogen) atoms. The topological polar surface area (TPSA) is 33.5 Å². The molecule has 6 aromatic carbocycles. The van der Waals surface area contributed by atoms with Gasteiger partial charge in [-0.25, -0.2) is 4.98 Å². The fraction of sp³-hybridized carbons (Fsp3) is 0.311. The van der Waals surface area contributed by atoms with Crippen LogP contribution in [0.4, 0.5) is 22.7 Å². The third-order valence-corrected chi connectivity index (χ3v) is 13.4. The van der Waals surface area contributed by atoms with Crippen LogP contribution < -0.4 is 14.5 Å². The predicted molar refractivity (Wildman–Crippen MR) is 278 cm³/mol. The number of para-hydroxylation sites is 1. The standard InChI is InChI=1S/C61H65N4O.Pt/c1-57(2,3)42-31-43(58(4,5)6)33-45(32-42)64-39-63(54-37-50(59(7,8)9)51(38-55(54)64)60(10,11)12)44-23-20-24-46(35-44)66-47-27-28-49-48-25-18-19-26-52(48)65(53(49)36-47)56-34-41(29-30-62-56)61(13,14)40-21-16-15-17-22-40;/h15-34,37-39H,1-14H3;/q-3;. The number of benzene rings is 6. The fourth-order valence-corrected chi connectivity index (χ4v) is 9.33. The van der Waals surface area contributed by atoms with Gasteiger partial charge in [-0.15, -0.1) is 48.1 Å². The monoisotopic (exact) mass is 1060 g/mol. The van der Waals surface area contributed by atoms with Crippen molar-refractivity contribution in [3.05, 3.63) is 186 Å². The Balaban J connectivity index is 0.00000608. The Hall–Kier alpha value is -5.64. The number of pyridine rings is 1. The van der Waals surface area contributed by atoms with Crippen LogP contribution in [0.15, 0.2) is 134 Å². The van der Waals surface area contributed by atoms with Gasteiger partial charge in [0, 0.05) is 66.8 Å². The van der Waals surface area contributed by atoms with E-state index in [2.05, 4.69) is 245 Å². The number of hydrogen-bond acceptors (Lipinski definition) is 4. The Morgan fingerprint density at radius 3 is 1.72 bits per heavy atom. The summed E-state index contributed by atoms with van der Waals surface area (Å²) in [6.07, 6.45) is 1.92. The first-order chi connectivity index (χ1) is 31.0. The van der Waals surface area contributed by atoms with Crippen LogP contribution >= 0.6 is 0 Å². The molecule has 1 aliphatic rings. The van der Waals surface area contributed by atoms with Crippen LogP contribution in [0.1, 0.15) is 130 Å². The van der Waals surface area contributed by atoms with Gasteiger partial charge >= 0.3 is 0 Å². The van der Waals surface area contributed by atoms with Crippen molar-refractivity contribution in [3.63, 3.8) is 0 Å². The number of nitrogens with zero attached hydrogens (tertiary/aromatic N) is 4. The van der Waals surface area contributed by atoms with Crippen molar-refractivity contribution in [2.24, 2.45) is 0 Å². The average molecular weight is 1070 g/mol. The molecule has 2 aromatic heterocycles. The first kappa shape index (κ1) is 47.8. The first-order valence-corrected chi connectivity index (χ1v) is 23.5. The van der Waals surface area contributed by atoms with Crippen molar-refractivity contribution < 1.29 is 25.8 Å². The maximum atomic E-state index is 6.76. The number of hydrogen-bond donors (Lipinski definition) is 0. The van der Waals surface area contributed by atoms with Crippen molar-refractivity contribution in [1.82, 2.24) is 9.55 Å². The molecule has 0 N–H and O–H groups in total. The number of fused-ring (bicyclic) bond motifs is 4. The molecule has 9 rings (SSSR count). The van der Waals surface area contributed by atoms with Gasteiger partial charge in [-0.05, 0) is 103 Å². The van der Waals surface area contributed by atoms with Crippen molar-refractivity contribution in [3.8, 4) is 17.3 Å². The van der Waals surface area contributed by atoms with Gasteiger partial charge in [0.1, 0.15) is 5.82 Å². The van der Waals surface area contributed by atoms with E-state index >= 15 is 0 Å². The van der Waals surface area contributed by atoms with Gasteiger partial charge in [-0.2, -0.15) is 12.1 Å². The van der Waals surface area contributed by atoms with E-state index in [1.807, 2.05) is 18.3 Å². The molecule has 3 heterocycles. The van der Waals surface area contributed by atoms with Crippen LogP contribution in [0.5, 0.6) is 11.5 Å². The zero-order chi connectivity index (χ0) is 47.1. The first-order valence-electron chi connectivity index (χ1n) is 23.5. The summed E-state index contributed by atoms with van der Waals surface area (Å²) < 4.78 is 8.97. The van der Waals surface area contributed by atoms with Crippen molar-refractivity contribution in [2.45, 2.75) is 124 Å². The van der Waals surface area contributed by atoms with E-state index in [1.54, 1.807) is 0 Å². The normalized spacial score (nSPS) is 13.6. The molecular formula is C61H65N4OPt-3. The zero-order valence-corrected chi connectivity index (χ0v) is 44.1. The van der Waals surface area contributed by atoms with E-state index in [9.17, 15) is 0 Å². The van der Waals surface area contributed by atoms with Crippen molar-refractivity contribution in [1.29, 1.82) is 0 Å². The minimum absolute atomic E-state index is 0. The summed E-state index contributed by atoms with van der Waals surface area (Å²) in [5.74, 6) is 2.05. The summed E-state index contributed by atoms with van der Waals surface area (Å²) >= 11 is 0. The van der Waals surface area contributed by atoms with E-state index < -0.39 is 0 Å². The SMILES string of the molecule is CC(C)(C)c1cc(N2[CH-]N(c3[c-]c(Oc4[c-]c5c(cc4)c4ccccc4n5-c4cc(C(C)(C)c5ccccc5)ccn4)ccc3)c3cc(C(C)(C)C)c(C(C)(C)C)cc32)cc(C(C)(C)C)c1.[Pt]. The molecule has 0 amide bonds. The second kappa shape index (κ2) is 17.1. The van der Waals surface area contributed by atoms with E-state index in [4.69, 9.17) is 9.72 Å². The minimum atomic E-state index is -0.226. The Morgan fingerprint density at radius 2 is 1.09 bits per heavy atom. The van der Waals surface area contributed by atoms with Crippen LogP contribution in [-0.4, -0.2) is 9.55 Å². The molecule has 0 atom stereocenters. The quantitative estimate of drug-likeness (QED) is 0.149. The zero-order valence-electron chi connectivity index (χ0n) is 41.8. The third-order valence-electron chi connectivity index (χ3n) is 13.4. The second-order valence-electron chi connectivity index (χ2n) is 22.8. The number of rotatable bonds is 7. The minimum Gasteiger partial charge on any atom is -0.509 e. The van der Waals surface area contributed by atoms with Gasteiger partial charge in [0.05, 0.1) is 0 Å². The number of anilines is 4. The van der Waals surface area contributed by atoms with Crippen LogP contribution in [0.25, 0.3) is 27.6 Å². The Morgan fingerprint density at radius 1 is 0.493 bits per heavy atom. The van der Waals surface area contributed by atoms with Crippen LogP contribution in [0.2, 0.25) is 0 Å². The molecule has 0 saturated heterocycles. The Labute approximate surface area is 414 Å². The smallest absolute Gasteiger partial charge is 0.135 e. The van der Waals surface area contributed by atoms with Gasteiger partial charge in [0.2, 0.25) is 0 Å².